The second-order valence-corrected chi connectivity index (χ2v) is 4.45. The number of anilines is 1. The van der Waals surface area contributed by atoms with Crippen LogP contribution in [0.5, 0.6) is 11.6 Å². The predicted octanol–water partition coefficient (Wildman–Crippen LogP) is 1.97. The van der Waals surface area contributed by atoms with Crippen LogP contribution in [0.3, 0.4) is 0 Å². The Morgan fingerprint density at radius 1 is 1.32 bits per heavy atom. The molecule has 0 aliphatic carbocycles. The fourth-order valence-electron chi connectivity index (χ4n) is 1.36. The fraction of sp³-hybridized carbons (Fsp3) is 0.0833. The van der Waals surface area contributed by atoms with E-state index in [2.05, 4.69) is 31.4 Å². The highest BCUT2D eigenvalue weighted by Crippen LogP contribution is 2.33. The van der Waals surface area contributed by atoms with Gasteiger partial charge in [-0.05, 0) is 34.1 Å². The molecule has 0 atom stereocenters. The minimum absolute atomic E-state index is 0.218. The zero-order valence-corrected chi connectivity index (χ0v) is 11.6. The smallest absolute Gasteiger partial charge is 0.271 e. The molecule has 3 N–H and O–H groups in total. The third-order valence-electron chi connectivity index (χ3n) is 2.30. The summed E-state index contributed by atoms with van der Waals surface area (Å²) in [4.78, 5) is 11.3. The van der Waals surface area contributed by atoms with Crippen LogP contribution in [-0.4, -0.2) is 23.2 Å². The zero-order chi connectivity index (χ0) is 13.8. The monoisotopic (exact) mass is 322 g/mol. The van der Waals surface area contributed by atoms with Crippen molar-refractivity contribution in [2.75, 3.05) is 12.8 Å². The van der Waals surface area contributed by atoms with Crippen LogP contribution < -0.4 is 15.8 Å². The van der Waals surface area contributed by atoms with Gasteiger partial charge in [-0.15, -0.1) is 10.2 Å². The van der Waals surface area contributed by atoms with Gasteiger partial charge in [0.05, 0.1) is 10.2 Å². The highest BCUT2D eigenvalue weighted by atomic mass is 79.9. The molecule has 0 saturated carbocycles. The lowest BCUT2D eigenvalue weighted by molar-refractivity contribution is 0.0957. The van der Waals surface area contributed by atoms with Gasteiger partial charge >= 0.3 is 0 Å². The highest BCUT2D eigenvalue weighted by Gasteiger charge is 2.10. The van der Waals surface area contributed by atoms with Gasteiger partial charge in [-0.2, -0.15) is 0 Å². The lowest BCUT2D eigenvalue weighted by Crippen LogP contribution is -2.19. The van der Waals surface area contributed by atoms with Crippen LogP contribution in [0, 0.1) is 0 Å². The van der Waals surface area contributed by atoms with Crippen LogP contribution in [0.1, 0.15) is 10.5 Å². The molecule has 2 rings (SSSR count). The number of nitrogens with one attached hydrogen (secondary N) is 1. The summed E-state index contributed by atoms with van der Waals surface area (Å²) in [6.07, 6.45) is 0. The number of para-hydroxylation sites is 1. The summed E-state index contributed by atoms with van der Waals surface area (Å²) in [6.45, 7) is 0. The standard InChI is InChI=1S/C12H11BrN4O2/c1-15-12(18)9-5-6-10(17-16-9)19-11-7(13)3-2-4-8(11)14/h2-6H,14H2,1H3,(H,15,18). The maximum atomic E-state index is 11.3. The Bertz CT molecular complexity index is 581. The first-order chi connectivity index (χ1) is 9.11. The molecule has 0 aliphatic heterocycles. The number of halogens is 1. The average Bonchev–Trinajstić information content (AvgIpc) is 2.43. The SMILES string of the molecule is CNC(=O)c1ccc(Oc2c(N)cccc2Br)nn1. The third-order valence-corrected chi connectivity index (χ3v) is 2.93. The van der Waals surface area contributed by atoms with Crippen molar-refractivity contribution in [3.63, 3.8) is 0 Å². The average molecular weight is 323 g/mol. The van der Waals surface area contributed by atoms with Crippen molar-refractivity contribution in [3.05, 3.63) is 40.5 Å². The first-order valence-corrected chi connectivity index (χ1v) is 6.18. The molecule has 19 heavy (non-hydrogen) atoms. The molecular formula is C12H11BrN4O2. The van der Waals surface area contributed by atoms with Gasteiger partial charge in [0.1, 0.15) is 0 Å². The van der Waals surface area contributed by atoms with E-state index in [9.17, 15) is 4.79 Å². The molecular weight excluding hydrogens is 312 g/mol. The summed E-state index contributed by atoms with van der Waals surface area (Å²) < 4.78 is 6.24. The summed E-state index contributed by atoms with van der Waals surface area (Å²) in [5, 5.41) is 10.0. The van der Waals surface area contributed by atoms with E-state index in [1.54, 1.807) is 24.3 Å². The van der Waals surface area contributed by atoms with Gasteiger partial charge in [-0.3, -0.25) is 4.79 Å². The first kappa shape index (κ1) is 13.3. The number of amides is 1. The Morgan fingerprint density at radius 3 is 2.68 bits per heavy atom. The van der Waals surface area contributed by atoms with Crippen LogP contribution in [0.15, 0.2) is 34.8 Å². The molecule has 1 heterocycles. The van der Waals surface area contributed by atoms with Crippen molar-refractivity contribution < 1.29 is 9.53 Å². The van der Waals surface area contributed by atoms with Gasteiger partial charge in [0.15, 0.2) is 11.4 Å². The lowest BCUT2D eigenvalue weighted by Gasteiger charge is -2.08. The van der Waals surface area contributed by atoms with Crippen molar-refractivity contribution in [1.29, 1.82) is 0 Å². The van der Waals surface area contributed by atoms with Gasteiger partial charge in [0, 0.05) is 13.1 Å². The van der Waals surface area contributed by atoms with Crippen LogP contribution >= 0.6 is 15.9 Å². The quantitative estimate of drug-likeness (QED) is 0.843. The zero-order valence-electron chi connectivity index (χ0n) is 10.1. The van der Waals surface area contributed by atoms with Crippen molar-refractivity contribution >= 4 is 27.5 Å². The van der Waals surface area contributed by atoms with E-state index < -0.39 is 0 Å². The number of nitrogens with two attached hydrogens (primary N) is 1. The summed E-state index contributed by atoms with van der Waals surface area (Å²) in [5.41, 5.74) is 6.50. The van der Waals surface area contributed by atoms with E-state index in [1.165, 1.54) is 13.1 Å². The van der Waals surface area contributed by atoms with Crippen LogP contribution in [0.4, 0.5) is 5.69 Å². The van der Waals surface area contributed by atoms with E-state index in [0.717, 1.165) is 0 Å². The minimum atomic E-state index is -0.306. The summed E-state index contributed by atoms with van der Waals surface area (Å²) >= 11 is 3.34. The maximum Gasteiger partial charge on any atom is 0.271 e. The Labute approximate surface area is 118 Å². The van der Waals surface area contributed by atoms with E-state index in [-0.39, 0.29) is 17.5 Å². The Morgan fingerprint density at radius 2 is 2.11 bits per heavy atom. The number of rotatable bonds is 3. The molecule has 0 unspecified atom stereocenters. The van der Waals surface area contributed by atoms with Gasteiger partial charge in [-0.25, -0.2) is 0 Å². The van der Waals surface area contributed by atoms with Gasteiger partial charge < -0.3 is 15.8 Å². The second-order valence-electron chi connectivity index (χ2n) is 3.60. The van der Waals surface area contributed by atoms with E-state index in [1.807, 2.05) is 0 Å². The minimum Gasteiger partial charge on any atom is -0.434 e. The van der Waals surface area contributed by atoms with E-state index in [0.29, 0.717) is 15.9 Å². The van der Waals surface area contributed by atoms with Crippen LogP contribution in [-0.2, 0) is 0 Å². The molecule has 1 aromatic heterocycles. The number of nitrogens with zero attached hydrogens (tertiary/aromatic N) is 2. The molecule has 1 amide bonds. The number of carbonyl (C=O) groups is 1. The molecule has 7 heteroatoms. The van der Waals surface area contributed by atoms with Gasteiger partial charge in [-0.1, -0.05) is 6.07 Å². The van der Waals surface area contributed by atoms with Gasteiger partial charge in [0.2, 0.25) is 5.88 Å². The van der Waals surface area contributed by atoms with Crippen LogP contribution in [0.25, 0.3) is 0 Å². The molecule has 0 saturated heterocycles. The number of benzene rings is 1. The third kappa shape index (κ3) is 3.00. The van der Waals surface area contributed by atoms with Crippen molar-refractivity contribution in [2.45, 2.75) is 0 Å². The number of hydrogen-bond acceptors (Lipinski definition) is 5. The Hall–Kier alpha value is -2.15. The molecule has 6 nitrogen and oxygen atoms in total. The molecule has 1 aromatic carbocycles. The van der Waals surface area contributed by atoms with E-state index >= 15 is 0 Å². The molecule has 0 radical (unpaired) electrons. The predicted molar refractivity (Wildman–Crippen MR) is 74.1 cm³/mol. The molecule has 0 aliphatic rings. The number of aromatic nitrogens is 2. The fourth-order valence-corrected chi connectivity index (χ4v) is 1.82. The number of ether oxygens (including phenoxy) is 1. The topological polar surface area (TPSA) is 90.1 Å². The maximum absolute atomic E-state index is 11.3. The molecule has 0 fully saturated rings. The van der Waals surface area contributed by atoms with Crippen LogP contribution in [0.2, 0.25) is 0 Å². The van der Waals surface area contributed by atoms with Crippen molar-refractivity contribution in [2.24, 2.45) is 0 Å². The summed E-state index contributed by atoms with van der Waals surface area (Å²) in [7, 11) is 1.52. The molecule has 2 aromatic rings. The summed E-state index contributed by atoms with van der Waals surface area (Å²) in [5.74, 6) is 0.412. The second kappa shape index (κ2) is 5.66. The number of hydrogen-bond donors (Lipinski definition) is 2. The Balaban J connectivity index is 2.22. The molecule has 98 valence electrons. The summed E-state index contributed by atoms with van der Waals surface area (Å²) in [6, 6.07) is 8.39. The highest BCUT2D eigenvalue weighted by molar-refractivity contribution is 9.10. The normalized spacial score (nSPS) is 10.0. The number of carbonyl (C=O) groups excluding carboxylic acids is 1. The van der Waals surface area contributed by atoms with Crippen molar-refractivity contribution in [1.82, 2.24) is 15.5 Å². The van der Waals surface area contributed by atoms with Crippen molar-refractivity contribution in [3.8, 4) is 11.6 Å². The Kier molecular flexibility index (Phi) is 3.96. The molecule has 0 spiro atoms. The number of nitrogen functional groups attached to an aromatic ring is 1. The largest absolute Gasteiger partial charge is 0.434 e. The lowest BCUT2D eigenvalue weighted by atomic mass is 10.3. The molecule has 0 bridgehead atoms. The van der Waals surface area contributed by atoms with E-state index in [4.69, 9.17) is 10.5 Å². The van der Waals surface area contributed by atoms with Gasteiger partial charge in [0.25, 0.3) is 5.91 Å². The first-order valence-electron chi connectivity index (χ1n) is 5.39.